The Kier molecular flexibility index (Phi) is 3.81. The molecule has 1 unspecified atom stereocenters. The van der Waals surface area contributed by atoms with Crippen LogP contribution in [0.1, 0.15) is 30.1 Å². The molecule has 1 aliphatic carbocycles. The van der Waals surface area contributed by atoms with Crippen molar-refractivity contribution in [2.24, 2.45) is 0 Å². The molecule has 0 heterocycles. The van der Waals surface area contributed by atoms with Gasteiger partial charge >= 0.3 is 0 Å². The number of rotatable bonds is 4. The highest BCUT2D eigenvalue weighted by Crippen LogP contribution is 2.35. The molecule has 0 fully saturated rings. The summed E-state index contributed by atoms with van der Waals surface area (Å²) < 4.78 is 11.0. The molecule has 100 valence electrons. The summed E-state index contributed by atoms with van der Waals surface area (Å²) in [6.07, 6.45) is 3.74. The van der Waals surface area contributed by atoms with E-state index in [2.05, 4.69) is 36.4 Å². The Balaban J connectivity index is 1.91. The highest BCUT2D eigenvalue weighted by Gasteiger charge is 2.21. The molecule has 0 aromatic heterocycles. The maximum Gasteiger partial charge on any atom is 0.0829 e. The van der Waals surface area contributed by atoms with Gasteiger partial charge in [-0.25, -0.2) is 0 Å². The molecule has 3 rings (SSSR count). The molecule has 0 saturated carbocycles. The highest BCUT2D eigenvalue weighted by molar-refractivity contribution is 5.84. The second-order valence-corrected chi connectivity index (χ2v) is 5.14. The fourth-order valence-corrected chi connectivity index (χ4v) is 2.90. The van der Waals surface area contributed by atoms with E-state index in [1.807, 2.05) is 0 Å². The lowest BCUT2D eigenvalue weighted by Gasteiger charge is -2.26. The van der Waals surface area contributed by atoms with E-state index in [4.69, 9.17) is 9.47 Å². The maximum absolute atomic E-state index is 5.97. The first kappa shape index (κ1) is 12.6. The molecule has 1 aliphatic rings. The summed E-state index contributed by atoms with van der Waals surface area (Å²) in [5, 5.41) is 2.64. The van der Waals surface area contributed by atoms with Gasteiger partial charge in [-0.3, -0.25) is 0 Å². The van der Waals surface area contributed by atoms with Crippen molar-refractivity contribution in [3.8, 4) is 0 Å². The molecule has 0 saturated heterocycles. The van der Waals surface area contributed by atoms with Crippen molar-refractivity contribution in [3.63, 3.8) is 0 Å². The lowest BCUT2D eigenvalue weighted by molar-refractivity contribution is 0.00808. The fraction of sp³-hybridized carbons (Fsp3) is 0.412. The second kappa shape index (κ2) is 5.72. The molecule has 2 aromatic carbocycles. The largest absolute Gasteiger partial charge is 0.382 e. The van der Waals surface area contributed by atoms with Crippen LogP contribution in [0.15, 0.2) is 36.4 Å². The standard InChI is InChI=1S/C17H20O2/c1-18-9-10-19-17-8-4-7-15-11-13-5-2-3-6-14(13)12-16(15)17/h2-3,5-6,11-12,17H,4,7-10H2,1H3. The molecule has 0 N–H and O–H groups in total. The first-order valence-electron chi connectivity index (χ1n) is 7.00. The van der Waals surface area contributed by atoms with Crippen LogP contribution in [-0.2, 0) is 15.9 Å². The van der Waals surface area contributed by atoms with Gasteiger partial charge in [0.05, 0.1) is 19.3 Å². The minimum absolute atomic E-state index is 0.239. The van der Waals surface area contributed by atoms with Crippen molar-refractivity contribution in [3.05, 3.63) is 47.5 Å². The Labute approximate surface area is 114 Å². The van der Waals surface area contributed by atoms with Crippen LogP contribution < -0.4 is 0 Å². The van der Waals surface area contributed by atoms with E-state index in [0.29, 0.717) is 13.2 Å². The van der Waals surface area contributed by atoms with Gasteiger partial charge in [-0.1, -0.05) is 30.3 Å². The Bertz CT molecular complexity index is 562. The smallest absolute Gasteiger partial charge is 0.0829 e. The molecule has 0 spiro atoms. The SMILES string of the molecule is COCCOC1CCCc2cc3ccccc3cc21. The Hall–Kier alpha value is -1.38. The predicted molar refractivity (Wildman–Crippen MR) is 77.5 cm³/mol. The fourth-order valence-electron chi connectivity index (χ4n) is 2.90. The minimum atomic E-state index is 0.239. The zero-order valence-corrected chi connectivity index (χ0v) is 11.4. The molecule has 19 heavy (non-hydrogen) atoms. The third-order valence-corrected chi connectivity index (χ3v) is 3.87. The van der Waals surface area contributed by atoms with Gasteiger partial charge in [-0.15, -0.1) is 0 Å². The van der Waals surface area contributed by atoms with Gasteiger partial charge in [0.1, 0.15) is 0 Å². The van der Waals surface area contributed by atoms with E-state index < -0.39 is 0 Å². The number of aryl methyl sites for hydroxylation is 1. The Morgan fingerprint density at radius 2 is 1.89 bits per heavy atom. The van der Waals surface area contributed by atoms with Crippen LogP contribution in [0, 0.1) is 0 Å². The van der Waals surface area contributed by atoms with E-state index in [9.17, 15) is 0 Å². The average Bonchev–Trinajstić information content (AvgIpc) is 2.46. The van der Waals surface area contributed by atoms with Gasteiger partial charge in [-0.05, 0) is 47.2 Å². The molecule has 0 aliphatic heterocycles. The van der Waals surface area contributed by atoms with Gasteiger partial charge in [0.2, 0.25) is 0 Å². The van der Waals surface area contributed by atoms with Crippen LogP contribution in [0.5, 0.6) is 0 Å². The molecule has 2 aromatic rings. The van der Waals surface area contributed by atoms with Gasteiger partial charge < -0.3 is 9.47 Å². The Morgan fingerprint density at radius 1 is 1.11 bits per heavy atom. The first-order chi connectivity index (χ1) is 9.38. The second-order valence-electron chi connectivity index (χ2n) is 5.14. The third-order valence-electron chi connectivity index (χ3n) is 3.87. The highest BCUT2D eigenvalue weighted by atomic mass is 16.5. The number of hydrogen-bond acceptors (Lipinski definition) is 2. The zero-order valence-electron chi connectivity index (χ0n) is 11.4. The van der Waals surface area contributed by atoms with Gasteiger partial charge in [0, 0.05) is 7.11 Å². The van der Waals surface area contributed by atoms with Crippen molar-refractivity contribution in [2.75, 3.05) is 20.3 Å². The van der Waals surface area contributed by atoms with Gasteiger partial charge in [-0.2, -0.15) is 0 Å². The first-order valence-corrected chi connectivity index (χ1v) is 7.00. The van der Waals surface area contributed by atoms with Gasteiger partial charge in [0.25, 0.3) is 0 Å². The van der Waals surface area contributed by atoms with Crippen molar-refractivity contribution in [2.45, 2.75) is 25.4 Å². The van der Waals surface area contributed by atoms with Crippen molar-refractivity contribution >= 4 is 10.8 Å². The van der Waals surface area contributed by atoms with Crippen LogP contribution >= 0.6 is 0 Å². The topological polar surface area (TPSA) is 18.5 Å². The van der Waals surface area contributed by atoms with Crippen molar-refractivity contribution in [1.29, 1.82) is 0 Å². The van der Waals surface area contributed by atoms with E-state index >= 15 is 0 Å². The van der Waals surface area contributed by atoms with E-state index in [0.717, 1.165) is 6.42 Å². The molecule has 1 atom stereocenters. The average molecular weight is 256 g/mol. The van der Waals surface area contributed by atoms with Crippen LogP contribution in [0.3, 0.4) is 0 Å². The molecule has 2 heteroatoms. The van der Waals surface area contributed by atoms with Crippen LogP contribution in [0.25, 0.3) is 10.8 Å². The zero-order chi connectivity index (χ0) is 13.1. The predicted octanol–water partition coefficient (Wildman–Crippen LogP) is 3.88. The monoisotopic (exact) mass is 256 g/mol. The van der Waals surface area contributed by atoms with Gasteiger partial charge in [0.15, 0.2) is 0 Å². The lowest BCUT2D eigenvalue weighted by Crippen LogP contribution is -2.15. The Morgan fingerprint density at radius 3 is 2.68 bits per heavy atom. The van der Waals surface area contributed by atoms with Crippen LogP contribution in [-0.4, -0.2) is 20.3 Å². The maximum atomic E-state index is 5.97. The molecule has 2 nitrogen and oxygen atoms in total. The number of benzene rings is 2. The number of ether oxygens (including phenoxy) is 2. The molecular formula is C17H20O2. The van der Waals surface area contributed by atoms with E-state index in [-0.39, 0.29) is 6.10 Å². The van der Waals surface area contributed by atoms with Crippen molar-refractivity contribution in [1.82, 2.24) is 0 Å². The molecule has 0 bridgehead atoms. The lowest BCUT2D eigenvalue weighted by atomic mass is 9.87. The van der Waals surface area contributed by atoms with E-state index in [1.54, 1.807) is 7.11 Å². The normalized spacial score (nSPS) is 18.5. The number of hydrogen-bond donors (Lipinski definition) is 0. The quantitative estimate of drug-likeness (QED) is 0.773. The summed E-state index contributed by atoms with van der Waals surface area (Å²) in [5.74, 6) is 0. The third kappa shape index (κ3) is 2.65. The van der Waals surface area contributed by atoms with Crippen LogP contribution in [0.4, 0.5) is 0 Å². The molecule has 0 radical (unpaired) electrons. The summed E-state index contributed by atoms with van der Waals surface area (Å²) in [5.41, 5.74) is 2.83. The molecular weight excluding hydrogens is 236 g/mol. The summed E-state index contributed by atoms with van der Waals surface area (Å²) in [7, 11) is 1.71. The van der Waals surface area contributed by atoms with E-state index in [1.165, 1.54) is 34.7 Å². The number of fused-ring (bicyclic) bond motifs is 2. The summed E-state index contributed by atoms with van der Waals surface area (Å²) in [6, 6.07) is 13.2. The summed E-state index contributed by atoms with van der Waals surface area (Å²) >= 11 is 0. The van der Waals surface area contributed by atoms with Crippen LogP contribution in [0.2, 0.25) is 0 Å². The number of methoxy groups -OCH3 is 1. The van der Waals surface area contributed by atoms with Crippen molar-refractivity contribution < 1.29 is 9.47 Å². The minimum Gasteiger partial charge on any atom is -0.382 e. The summed E-state index contributed by atoms with van der Waals surface area (Å²) in [6.45, 7) is 1.34. The summed E-state index contributed by atoms with van der Waals surface area (Å²) in [4.78, 5) is 0. The molecule has 0 amide bonds.